The highest BCUT2D eigenvalue weighted by atomic mass is 16.1. The van der Waals surface area contributed by atoms with Gasteiger partial charge in [-0.3, -0.25) is 10.2 Å². The van der Waals surface area contributed by atoms with Gasteiger partial charge in [-0.2, -0.15) is 15.6 Å². The maximum atomic E-state index is 12.0. The number of carbonyl (C=O) groups excluding carboxylic acids is 1. The molecule has 0 unspecified atom stereocenters. The van der Waals surface area contributed by atoms with Gasteiger partial charge in [0.1, 0.15) is 18.0 Å². The number of nitriles is 2. The van der Waals surface area contributed by atoms with Crippen LogP contribution in [-0.4, -0.2) is 16.6 Å². The van der Waals surface area contributed by atoms with Gasteiger partial charge in [0.2, 0.25) is 5.71 Å². The Hall–Kier alpha value is -3.71. The highest BCUT2D eigenvalue weighted by molar-refractivity contribution is 6.10. The zero-order valence-electron chi connectivity index (χ0n) is 12.2. The van der Waals surface area contributed by atoms with Gasteiger partial charge in [-0.15, -0.1) is 0 Å². The number of hydrazone groups is 1. The van der Waals surface area contributed by atoms with Crippen LogP contribution in [0.15, 0.2) is 47.7 Å². The minimum absolute atomic E-state index is 0.257. The molecule has 1 aromatic heterocycles. The van der Waals surface area contributed by atoms with Crippen LogP contribution < -0.4 is 10.7 Å². The van der Waals surface area contributed by atoms with E-state index in [1.807, 2.05) is 19.1 Å². The second kappa shape index (κ2) is 7.34. The van der Waals surface area contributed by atoms with Gasteiger partial charge in [0, 0.05) is 5.56 Å². The van der Waals surface area contributed by atoms with Crippen LogP contribution >= 0.6 is 0 Å². The van der Waals surface area contributed by atoms with Gasteiger partial charge in [-0.25, -0.2) is 4.98 Å². The molecule has 1 heterocycles. The minimum atomic E-state index is -0.290. The van der Waals surface area contributed by atoms with Crippen LogP contribution in [0.3, 0.4) is 0 Å². The number of aryl methyl sites for hydroxylation is 1. The Morgan fingerprint density at radius 2 is 1.83 bits per heavy atom. The Morgan fingerprint density at radius 1 is 1.13 bits per heavy atom. The lowest BCUT2D eigenvalue weighted by molar-refractivity contribution is 0.102. The lowest BCUT2D eigenvalue weighted by atomic mass is 10.1. The van der Waals surface area contributed by atoms with Crippen molar-refractivity contribution < 1.29 is 4.79 Å². The SMILES string of the molecule is Cc1ccc(C(=O)Nc2ccc(NN=C(C#N)C#N)cn2)cc1. The first-order chi connectivity index (χ1) is 11.1. The minimum Gasteiger partial charge on any atom is -0.307 e. The number of carbonyl (C=O) groups is 1. The quantitative estimate of drug-likeness (QED) is 0.665. The van der Waals surface area contributed by atoms with E-state index in [-0.39, 0.29) is 11.6 Å². The smallest absolute Gasteiger partial charge is 0.256 e. The summed E-state index contributed by atoms with van der Waals surface area (Å²) in [6, 6.07) is 13.7. The Morgan fingerprint density at radius 3 is 2.39 bits per heavy atom. The predicted octanol–water partition coefficient (Wildman–Crippen LogP) is 2.46. The molecule has 2 rings (SSSR count). The van der Waals surface area contributed by atoms with E-state index in [1.165, 1.54) is 6.20 Å². The van der Waals surface area contributed by atoms with Crippen molar-refractivity contribution in [3.63, 3.8) is 0 Å². The van der Waals surface area contributed by atoms with Crippen molar-refractivity contribution in [2.45, 2.75) is 6.92 Å². The molecule has 23 heavy (non-hydrogen) atoms. The van der Waals surface area contributed by atoms with Crippen LogP contribution in [0.5, 0.6) is 0 Å². The van der Waals surface area contributed by atoms with E-state index in [0.29, 0.717) is 17.1 Å². The van der Waals surface area contributed by atoms with Gasteiger partial charge < -0.3 is 5.32 Å². The Balaban J connectivity index is 2.01. The number of hydrogen-bond acceptors (Lipinski definition) is 6. The summed E-state index contributed by atoms with van der Waals surface area (Å²) in [6.45, 7) is 1.95. The molecule has 0 bridgehead atoms. The van der Waals surface area contributed by atoms with Gasteiger partial charge in [0.15, 0.2) is 0 Å². The van der Waals surface area contributed by atoms with E-state index >= 15 is 0 Å². The van der Waals surface area contributed by atoms with Gasteiger partial charge in [-0.1, -0.05) is 17.7 Å². The van der Waals surface area contributed by atoms with Crippen LogP contribution in [0.4, 0.5) is 11.5 Å². The fourth-order valence-corrected chi connectivity index (χ4v) is 1.62. The third-order valence-electron chi connectivity index (χ3n) is 2.83. The van der Waals surface area contributed by atoms with Gasteiger partial charge in [-0.05, 0) is 31.2 Å². The first-order valence-corrected chi connectivity index (χ1v) is 6.60. The van der Waals surface area contributed by atoms with E-state index in [9.17, 15) is 4.79 Å². The van der Waals surface area contributed by atoms with Crippen LogP contribution in [0.25, 0.3) is 0 Å². The fourth-order valence-electron chi connectivity index (χ4n) is 1.62. The average molecular weight is 304 g/mol. The molecular formula is C16H12N6O. The molecule has 0 saturated heterocycles. The van der Waals surface area contributed by atoms with Crippen molar-refractivity contribution in [3.8, 4) is 12.1 Å². The summed E-state index contributed by atoms with van der Waals surface area (Å²) in [5.74, 6) is 0.123. The third-order valence-corrected chi connectivity index (χ3v) is 2.83. The Kier molecular flexibility index (Phi) is 5.00. The Labute approximate surface area is 132 Å². The van der Waals surface area contributed by atoms with E-state index in [1.54, 1.807) is 36.4 Å². The van der Waals surface area contributed by atoms with Crippen molar-refractivity contribution in [1.82, 2.24) is 4.98 Å². The number of nitrogens with one attached hydrogen (secondary N) is 2. The van der Waals surface area contributed by atoms with E-state index in [2.05, 4.69) is 20.8 Å². The molecule has 1 amide bonds. The maximum absolute atomic E-state index is 12.0. The molecule has 7 nitrogen and oxygen atoms in total. The highest BCUT2D eigenvalue weighted by Crippen LogP contribution is 2.11. The molecule has 0 spiro atoms. The topological polar surface area (TPSA) is 114 Å². The zero-order chi connectivity index (χ0) is 16.7. The van der Waals surface area contributed by atoms with Gasteiger partial charge >= 0.3 is 0 Å². The molecular weight excluding hydrogens is 292 g/mol. The predicted molar refractivity (Wildman–Crippen MR) is 85.7 cm³/mol. The van der Waals surface area contributed by atoms with Crippen molar-refractivity contribution in [2.24, 2.45) is 5.10 Å². The lowest BCUT2D eigenvalue weighted by Gasteiger charge is -2.06. The molecule has 7 heteroatoms. The Bertz CT molecular complexity index is 794. The van der Waals surface area contributed by atoms with Crippen LogP contribution in [0, 0.1) is 29.6 Å². The van der Waals surface area contributed by atoms with Crippen molar-refractivity contribution in [3.05, 3.63) is 53.7 Å². The number of pyridine rings is 1. The second-order valence-corrected chi connectivity index (χ2v) is 4.55. The molecule has 2 aromatic rings. The molecule has 0 aliphatic carbocycles. The largest absolute Gasteiger partial charge is 0.307 e. The summed E-state index contributed by atoms with van der Waals surface area (Å²) in [4.78, 5) is 16.1. The van der Waals surface area contributed by atoms with Crippen molar-refractivity contribution in [2.75, 3.05) is 10.7 Å². The fraction of sp³-hybridized carbons (Fsp3) is 0.0625. The maximum Gasteiger partial charge on any atom is 0.256 e. The summed E-state index contributed by atoms with van der Waals surface area (Å²) in [5.41, 5.74) is 4.34. The van der Waals surface area contributed by atoms with Gasteiger partial charge in [0.05, 0.1) is 11.9 Å². The van der Waals surface area contributed by atoms with Crippen LogP contribution in [0.1, 0.15) is 15.9 Å². The number of anilines is 2. The summed E-state index contributed by atoms with van der Waals surface area (Å²) < 4.78 is 0. The number of rotatable bonds is 4. The van der Waals surface area contributed by atoms with E-state index in [0.717, 1.165) is 5.56 Å². The zero-order valence-corrected chi connectivity index (χ0v) is 12.2. The summed E-state index contributed by atoms with van der Waals surface area (Å²) in [6.07, 6.45) is 1.43. The molecule has 1 aromatic carbocycles. The molecule has 0 aliphatic rings. The first kappa shape index (κ1) is 15.7. The number of aromatic nitrogens is 1. The normalized spacial score (nSPS) is 9.17. The molecule has 0 aliphatic heterocycles. The summed E-state index contributed by atoms with van der Waals surface area (Å²) in [7, 11) is 0. The second-order valence-electron chi connectivity index (χ2n) is 4.55. The number of nitrogens with zero attached hydrogens (tertiary/aromatic N) is 4. The third kappa shape index (κ3) is 4.38. The molecule has 112 valence electrons. The van der Waals surface area contributed by atoms with Crippen molar-refractivity contribution >= 4 is 23.1 Å². The molecule has 0 fully saturated rings. The lowest BCUT2D eigenvalue weighted by Crippen LogP contribution is -2.12. The highest BCUT2D eigenvalue weighted by Gasteiger charge is 2.06. The number of hydrogen-bond donors (Lipinski definition) is 2. The first-order valence-electron chi connectivity index (χ1n) is 6.60. The molecule has 0 radical (unpaired) electrons. The van der Waals surface area contributed by atoms with Crippen LogP contribution in [-0.2, 0) is 0 Å². The van der Waals surface area contributed by atoms with E-state index in [4.69, 9.17) is 10.5 Å². The molecule has 0 saturated carbocycles. The number of amides is 1. The average Bonchev–Trinajstić information content (AvgIpc) is 2.58. The summed E-state index contributed by atoms with van der Waals surface area (Å²) >= 11 is 0. The molecule has 2 N–H and O–H groups in total. The van der Waals surface area contributed by atoms with Crippen molar-refractivity contribution in [1.29, 1.82) is 10.5 Å². The monoisotopic (exact) mass is 304 g/mol. The molecule has 0 atom stereocenters. The number of benzene rings is 1. The van der Waals surface area contributed by atoms with Gasteiger partial charge in [0.25, 0.3) is 5.91 Å². The standard InChI is InChI=1S/C16H12N6O/c1-11-2-4-12(5-3-11)16(23)20-15-7-6-13(10-19-15)21-22-14(8-17)9-18/h2-7,10,21H,1H3,(H,19,20,23). The summed E-state index contributed by atoms with van der Waals surface area (Å²) in [5, 5.41) is 23.4. The van der Waals surface area contributed by atoms with E-state index < -0.39 is 0 Å². The van der Waals surface area contributed by atoms with Crippen LogP contribution in [0.2, 0.25) is 0 Å².